The molecule has 1 amide bonds. The molecule has 0 aliphatic heterocycles. The molecule has 0 spiro atoms. The number of amides is 1. The molecule has 1 rings (SSSR count). The molecule has 20 heavy (non-hydrogen) atoms. The third-order valence-electron chi connectivity index (χ3n) is 3.17. The zero-order valence-corrected chi connectivity index (χ0v) is 13.5. The molecule has 0 bridgehead atoms. The van der Waals surface area contributed by atoms with Gasteiger partial charge in [-0.25, -0.2) is 0 Å². The van der Waals surface area contributed by atoms with E-state index in [1.807, 2.05) is 19.1 Å². The standard InChI is InChI=1S/C14H16Cl3NO2/c1-3-14(8-15,11(19)12(16)17)18-13(20)10-6-4-9(2)5-7-10/h4-7,12H,3,8H2,1-2H3,(H,18,20). The number of alkyl halides is 3. The summed E-state index contributed by atoms with van der Waals surface area (Å²) < 4.78 is 0. The van der Waals surface area contributed by atoms with Gasteiger partial charge in [-0.15, -0.1) is 11.6 Å². The number of nitrogens with one attached hydrogen (secondary N) is 1. The molecular formula is C14H16Cl3NO2. The maximum absolute atomic E-state index is 12.2. The van der Waals surface area contributed by atoms with E-state index >= 15 is 0 Å². The van der Waals surface area contributed by atoms with Crippen molar-refractivity contribution in [3.8, 4) is 0 Å². The Morgan fingerprint density at radius 1 is 1.25 bits per heavy atom. The van der Waals surface area contributed by atoms with Gasteiger partial charge in [0.15, 0.2) is 10.6 Å². The number of aryl methyl sites for hydroxylation is 1. The molecule has 0 aromatic heterocycles. The first-order valence-corrected chi connectivity index (χ1v) is 7.54. The van der Waals surface area contributed by atoms with Crippen LogP contribution in [0.4, 0.5) is 0 Å². The zero-order chi connectivity index (χ0) is 15.3. The second-order valence-corrected chi connectivity index (χ2v) is 5.92. The number of ketones is 1. The minimum absolute atomic E-state index is 0.0874. The topological polar surface area (TPSA) is 46.2 Å². The monoisotopic (exact) mass is 335 g/mol. The van der Waals surface area contributed by atoms with Crippen molar-refractivity contribution in [3.63, 3.8) is 0 Å². The highest BCUT2D eigenvalue weighted by Crippen LogP contribution is 2.21. The molecule has 1 atom stereocenters. The van der Waals surface area contributed by atoms with Crippen LogP contribution in [0.5, 0.6) is 0 Å². The van der Waals surface area contributed by atoms with Crippen molar-refractivity contribution in [2.24, 2.45) is 0 Å². The molecule has 0 fully saturated rings. The highest BCUT2D eigenvalue weighted by atomic mass is 35.5. The van der Waals surface area contributed by atoms with Crippen LogP contribution in [0.1, 0.15) is 29.3 Å². The van der Waals surface area contributed by atoms with Gasteiger partial charge in [-0.1, -0.05) is 47.8 Å². The van der Waals surface area contributed by atoms with E-state index in [4.69, 9.17) is 34.8 Å². The number of carbonyl (C=O) groups excluding carboxylic acids is 2. The fourth-order valence-corrected chi connectivity index (χ4v) is 2.53. The summed E-state index contributed by atoms with van der Waals surface area (Å²) in [7, 11) is 0. The van der Waals surface area contributed by atoms with Gasteiger partial charge in [-0.3, -0.25) is 9.59 Å². The summed E-state index contributed by atoms with van der Waals surface area (Å²) >= 11 is 17.1. The molecule has 0 aliphatic rings. The second-order valence-electron chi connectivity index (χ2n) is 4.55. The van der Waals surface area contributed by atoms with Crippen molar-refractivity contribution in [1.82, 2.24) is 5.32 Å². The summed E-state index contributed by atoms with van der Waals surface area (Å²) in [5.41, 5.74) is 0.239. The van der Waals surface area contributed by atoms with Crippen molar-refractivity contribution in [1.29, 1.82) is 0 Å². The minimum Gasteiger partial charge on any atom is -0.338 e. The van der Waals surface area contributed by atoms with Crippen LogP contribution in [0.2, 0.25) is 0 Å². The lowest BCUT2D eigenvalue weighted by Gasteiger charge is -2.30. The number of carbonyl (C=O) groups is 2. The van der Waals surface area contributed by atoms with E-state index in [-0.39, 0.29) is 11.8 Å². The molecule has 0 saturated heterocycles. The summed E-state index contributed by atoms with van der Waals surface area (Å²) in [4.78, 5) is 23.1. The normalized spacial score (nSPS) is 13.9. The van der Waals surface area contributed by atoms with Gasteiger partial charge in [0.05, 0.1) is 5.88 Å². The van der Waals surface area contributed by atoms with Gasteiger partial charge in [0.2, 0.25) is 0 Å². The van der Waals surface area contributed by atoms with E-state index < -0.39 is 16.2 Å². The lowest BCUT2D eigenvalue weighted by atomic mass is 9.93. The molecule has 1 aromatic rings. The van der Waals surface area contributed by atoms with Crippen molar-refractivity contribution >= 4 is 46.5 Å². The summed E-state index contributed by atoms with van der Waals surface area (Å²) in [6.45, 7) is 3.66. The van der Waals surface area contributed by atoms with Crippen LogP contribution >= 0.6 is 34.8 Å². The van der Waals surface area contributed by atoms with Crippen molar-refractivity contribution in [2.45, 2.75) is 30.6 Å². The quantitative estimate of drug-likeness (QED) is 0.808. The van der Waals surface area contributed by atoms with Gasteiger partial charge in [0.1, 0.15) is 5.54 Å². The van der Waals surface area contributed by atoms with Crippen LogP contribution in [0.25, 0.3) is 0 Å². The Hall–Kier alpha value is -0.770. The largest absolute Gasteiger partial charge is 0.338 e. The Morgan fingerprint density at radius 3 is 2.20 bits per heavy atom. The molecule has 1 N–H and O–H groups in total. The van der Waals surface area contributed by atoms with Crippen molar-refractivity contribution < 1.29 is 9.59 Å². The Balaban J connectivity index is 2.98. The molecule has 1 unspecified atom stereocenters. The first kappa shape index (κ1) is 17.3. The Kier molecular flexibility index (Phi) is 6.31. The summed E-state index contributed by atoms with van der Waals surface area (Å²) in [6, 6.07) is 7.00. The summed E-state index contributed by atoms with van der Waals surface area (Å²) in [6.07, 6.45) is 0.308. The molecule has 1 aromatic carbocycles. The number of benzene rings is 1. The number of hydrogen-bond acceptors (Lipinski definition) is 2. The molecular weight excluding hydrogens is 321 g/mol. The fraction of sp³-hybridized carbons (Fsp3) is 0.429. The smallest absolute Gasteiger partial charge is 0.252 e. The number of halogens is 3. The predicted molar refractivity (Wildman–Crippen MR) is 82.9 cm³/mol. The van der Waals surface area contributed by atoms with Gasteiger partial charge in [-0.05, 0) is 25.5 Å². The Morgan fingerprint density at radius 2 is 1.80 bits per heavy atom. The van der Waals surface area contributed by atoms with Crippen molar-refractivity contribution in [3.05, 3.63) is 35.4 Å². The molecule has 0 saturated carbocycles. The van der Waals surface area contributed by atoms with Gasteiger partial charge in [0.25, 0.3) is 5.91 Å². The summed E-state index contributed by atoms with van der Waals surface area (Å²) in [5.74, 6) is -0.968. The van der Waals surface area contributed by atoms with E-state index in [1.165, 1.54) is 0 Å². The fourth-order valence-electron chi connectivity index (χ4n) is 1.72. The third-order valence-corrected chi connectivity index (χ3v) is 4.02. The third kappa shape index (κ3) is 3.87. The first-order chi connectivity index (χ1) is 9.36. The van der Waals surface area contributed by atoms with Crippen LogP contribution in [0, 0.1) is 6.92 Å². The highest BCUT2D eigenvalue weighted by Gasteiger charge is 2.40. The minimum atomic E-state index is -1.25. The second kappa shape index (κ2) is 7.30. The molecule has 6 heteroatoms. The molecule has 110 valence electrons. The van der Waals surface area contributed by atoms with Crippen LogP contribution in [-0.4, -0.2) is 27.9 Å². The van der Waals surface area contributed by atoms with Crippen LogP contribution in [0.15, 0.2) is 24.3 Å². The average Bonchev–Trinajstić information content (AvgIpc) is 2.44. The Bertz CT molecular complexity index is 482. The Labute approximate surface area is 133 Å². The summed E-state index contributed by atoms with van der Waals surface area (Å²) in [5, 5.41) is 2.66. The van der Waals surface area contributed by atoms with E-state index in [2.05, 4.69) is 5.32 Å². The maximum atomic E-state index is 12.2. The SMILES string of the molecule is CCC(CCl)(NC(=O)c1ccc(C)cc1)C(=O)C(Cl)Cl. The first-order valence-electron chi connectivity index (χ1n) is 6.14. The maximum Gasteiger partial charge on any atom is 0.252 e. The lowest BCUT2D eigenvalue weighted by Crippen LogP contribution is -2.57. The van der Waals surface area contributed by atoms with Gasteiger partial charge < -0.3 is 5.32 Å². The van der Waals surface area contributed by atoms with Gasteiger partial charge in [-0.2, -0.15) is 0 Å². The van der Waals surface area contributed by atoms with E-state index in [9.17, 15) is 9.59 Å². The van der Waals surface area contributed by atoms with Gasteiger partial charge in [0, 0.05) is 5.56 Å². The predicted octanol–water partition coefficient (Wildman–Crippen LogP) is 3.49. The lowest BCUT2D eigenvalue weighted by molar-refractivity contribution is -0.122. The van der Waals surface area contributed by atoms with Crippen LogP contribution < -0.4 is 5.32 Å². The van der Waals surface area contributed by atoms with Crippen LogP contribution in [-0.2, 0) is 4.79 Å². The van der Waals surface area contributed by atoms with Gasteiger partial charge >= 0.3 is 0 Å². The van der Waals surface area contributed by atoms with Crippen LogP contribution in [0.3, 0.4) is 0 Å². The number of Topliss-reactive ketones (excluding diaryl/α,β-unsaturated/α-hetero) is 1. The highest BCUT2D eigenvalue weighted by molar-refractivity contribution is 6.54. The molecule has 0 radical (unpaired) electrons. The molecule has 0 aliphatic carbocycles. The van der Waals surface area contributed by atoms with E-state index in [0.717, 1.165) is 5.56 Å². The zero-order valence-electron chi connectivity index (χ0n) is 11.3. The molecule has 3 nitrogen and oxygen atoms in total. The molecule has 0 heterocycles. The number of rotatable bonds is 6. The van der Waals surface area contributed by atoms with E-state index in [0.29, 0.717) is 12.0 Å². The van der Waals surface area contributed by atoms with E-state index in [1.54, 1.807) is 19.1 Å². The average molecular weight is 337 g/mol. The number of hydrogen-bond donors (Lipinski definition) is 1. The van der Waals surface area contributed by atoms with Crippen molar-refractivity contribution in [2.75, 3.05) is 5.88 Å².